The van der Waals surface area contributed by atoms with Gasteiger partial charge in [-0.25, -0.2) is 9.59 Å². The van der Waals surface area contributed by atoms with Gasteiger partial charge in [0, 0.05) is 49.7 Å². The van der Waals surface area contributed by atoms with E-state index in [2.05, 4.69) is 0 Å². The standard InChI is InChI=1S/C46H70O17/c1-11-13-37(49)61-41-29(20-39(51)57-10)19-32-23-35(27(4)47)59-40(52)22-30(48)21-33-24-36(60-42(53)26(3)12-2)44(7,8)45(54,62-33)25-34-17-28(18-38(50)56-9)16-31(58-34)14-15-43(5,6)46(41,55)63-32/h14-15,18,20,26-27,30-36,41,47-48,54-55H,11-13,16-17,19,21-25H2,1-10H3/b15-14+,28-18+,29-20-. The summed E-state index contributed by atoms with van der Waals surface area (Å²) in [6.07, 6.45) is -4.05. The molecule has 3 saturated heterocycles. The van der Waals surface area contributed by atoms with Crippen LogP contribution in [0.15, 0.2) is 35.5 Å². The number of ether oxygens (including phenoxy) is 8. The van der Waals surface area contributed by atoms with Gasteiger partial charge in [-0.05, 0) is 44.6 Å². The average Bonchev–Trinajstić information content (AvgIpc) is 3.19. The molecule has 0 aromatic carbocycles. The number of aliphatic hydroxyl groups excluding tert-OH is 2. The quantitative estimate of drug-likeness (QED) is 0.110. The molecule has 4 N–H and O–H groups in total. The van der Waals surface area contributed by atoms with Gasteiger partial charge in [0.2, 0.25) is 5.79 Å². The third-order valence-electron chi connectivity index (χ3n) is 12.9. The molecular formula is C46H70O17. The second kappa shape index (κ2) is 21.5. The minimum Gasteiger partial charge on any atom is -0.466 e. The summed E-state index contributed by atoms with van der Waals surface area (Å²) >= 11 is 0. The predicted molar refractivity (Wildman–Crippen MR) is 224 cm³/mol. The number of fused-ring (bicyclic) bond motifs is 6. The van der Waals surface area contributed by atoms with E-state index in [0.717, 1.165) is 6.08 Å². The van der Waals surface area contributed by atoms with Crippen LogP contribution in [0.3, 0.4) is 0 Å². The minimum absolute atomic E-state index is 0.00898. The first-order valence-electron chi connectivity index (χ1n) is 22.1. The zero-order valence-corrected chi connectivity index (χ0v) is 38.5. The molecule has 4 rings (SSSR count). The Morgan fingerprint density at radius 1 is 0.873 bits per heavy atom. The SMILES string of the molecule is CCCC(=O)OC1/C(=C\C(=O)OC)CC2CC(C(C)O)OC(=O)CC(O)CC3CC(OC(=O)C(C)CC)C(C)(C)C(O)(CC4C/C(=C/C(=O)OC)CC(/C=C/C(C)(C)C1(O)O2)O4)O3. The molecule has 0 spiro atoms. The highest BCUT2D eigenvalue weighted by molar-refractivity contribution is 5.83. The maximum Gasteiger partial charge on any atom is 0.330 e. The molecule has 12 atom stereocenters. The van der Waals surface area contributed by atoms with Gasteiger partial charge >= 0.3 is 29.8 Å². The van der Waals surface area contributed by atoms with Crippen molar-refractivity contribution in [3.63, 3.8) is 0 Å². The number of cyclic esters (lactones) is 1. The molecule has 4 heterocycles. The van der Waals surface area contributed by atoms with E-state index in [1.807, 2.05) is 6.92 Å². The molecule has 63 heavy (non-hydrogen) atoms. The van der Waals surface area contributed by atoms with Crippen LogP contribution >= 0.6 is 0 Å². The smallest absolute Gasteiger partial charge is 0.330 e. The molecule has 3 fully saturated rings. The number of aliphatic hydroxyl groups is 4. The largest absolute Gasteiger partial charge is 0.466 e. The van der Waals surface area contributed by atoms with Crippen molar-refractivity contribution < 1.29 is 82.3 Å². The van der Waals surface area contributed by atoms with Crippen molar-refractivity contribution >= 4 is 29.8 Å². The topological polar surface area (TPSA) is 240 Å². The highest BCUT2D eigenvalue weighted by Gasteiger charge is 2.59. The molecule has 0 radical (unpaired) electrons. The monoisotopic (exact) mass is 894 g/mol. The molecule has 0 aromatic rings. The first-order valence-corrected chi connectivity index (χ1v) is 22.1. The van der Waals surface area contributed by atoms with Crippen molar-refractivity contribution in [2.75, 3.05) is 14.2 Å². The van der Waals surface area contributed by atoms with Gasteiger partial charge in [0.15, 0.2) is 11.9 Å². The number of hydrogen-bond acceptors (Lipinski definition) is 17. The van der Waals surface area contributed by atoms with E-state index in [0.29, 0.717) is 18.4 Å². The Labute approximate surface area is 370 Å². The van der Waals surface area contributed by atoms with Gasteiger partial charge < -0.3 is 58.3 Å². The summed E-state index contributed by atoms with van der Waals surface area (Å²) in [6.45, 7) is 13.4. The lowest BCUT2D eigenvalue weighted by Gasteiger charge is -2.54. The lowest BCUT2D eigenvalue weighted by Crippen LogP contribution is -2.62. The molecule has 0 aromatic heterocycles. The van der Waals surface area contributed by atoms with E-state index in [9.17, 15) is 44.4 Å². The third kappa shape index (κ3) is 12.8. The van der Waals surface area contributed by atoms with E-state index in [1.165, 1.54) is 27.2 Å². The molecule has 12 unspecified atom stereocenters. The molecule has 356 valence electrons. The summed E-state index contributed by atoms with van der Waals surface area (Å²) in [7, 11) is 2.42. The van der Waals surface area contributed by atoms with Gasteiger partial charge in [-0.3, -0.25) is 14.4 Å². The van der Waals surface area contributed by atoms with E-state index >= 15 is 0 Å². The Hall–Kier alpha value is -3.71. The number of methoxy groups -OCH3 is 2. The van der Waals surface area contributed by atoms with E-state index in [-0.39, 0.29) is 56.9 Å². The molecule has 4 aliphatic heterocycles. The maximum atomic E-state index is 13.5. The Bertz CT molecular complexity index is 1730. The van der Waals surface area contributed by atoms with Crippen molar-refractivity contribution in [2.24, 2.45) is 16.7 Å². The summed E-state index contributed by atoms with van der Waals surface area (Å²) in [5, 5.41) is 47.7. The van der Waals surface area contributed by atoms with Crippen LogP contribution in [0, 0.1) is 16.7 Å². The van der Waals surface area contributed by atoms with Crippen molar-refractivity contribution in [3.8, 4) is 0 Å². The van der Waals surface area contributed by atoms with Crippen LogP contribution in [0.2, 0.25) is 0 Å². The Balaban J connectivity index is 1.89. The summed E-state index contributed by atoms with van der Waals surface area (Å²) in [4.78, 5) is 65.3. The zero-order chi connectivity index (χ0) is 47.1. The Kier molecular flexibility index (Phi) is 17.7. The molecule has 4 aliphatic rings. The second-order valence-corrected chi connectivity index (χ2v) is 18.6. The van der Waals surface area contributed by atoms with E-state index in [4.69, 9.17) is 37.9 Å². The van der Waals surface area contributed by atoms with Gasteiger partial charge in [-0.15, -0.1) is 0 Å². The number of rotatable bonds is 9. The lowest BCUT2D eigenvalue weighted by molar-refractivity contribution is -0.349. The highest BCUT2D eigenvalue weighted by atomic mass is 16.7. The third-order valence-corrected chi connectivity index (χ3v) is 12.9. The van der Waals surface area contributed by atoms with Crippen molar-refractivity contribution in [2.45, 2.75) is 193 Å². The van der Waals surface area contributed by atoms with Crippen molar-refractivity contribution in [1.82, 2.24) is 0 Å². The predicted octanol–water partition coefficient (Wildman–Crippen LogP) is 4.19. The fourth-order valence-corrected chi connectivity index (χ4v) is 8.56. The summed E-state index contributed by atoms with van der Waals surface area (Å²) in [5.74, 6) is -8.34. The first kappa shape index (κ1) is 51.9. The van der Waals surface area contributed by atoms with Crippen LogP contribution in [0.25, 0.3) is 0 Å². The zero-order valence-electron chi connectivity index (χ0n) is 38.5. The van der Waals surface area contributed by atoms with Crippen LogP contribution in [0.5, 0.6) is 0 Å². The molecule has 6 bridgehead atoms. The molecule has 17 nitrogen and oxygen atoms in total. The second-order valence-electron chi connectivity index (χ2n) is 18.6. The van der Waals surface area contributed by atoms with Gasteiger partial charge in [-0.2, -0.15) is 0 Å². The molecule has 0 aliphatic carbocycles. The lowest BCUT2D eigenvalue weighted by atomic mass is 9.70. The van der Waals surface area contributed by atoms with Crippen LogP contribution < -0.4 is 0 Å². The minimum atomic E-state index is -2.41. The van der Waals surface area contributed by atoms with Gasteiger partial charge in [-0.1, -0.05) is 66.2 Å². The fourth-order valence-electron chi connectivity index (χ4n) is 8.56. The van der Waals surface area contributed by atoms with Crippen LogP contribution in [0.4, 0.5) is 0 Å². The van der Waals surface area contributed by atoms with Gasteiger partial charge in [0.25, 0.3) is 0 Å². The summed E-state index contributed by atoms with van der Waals surface area (Å²) in [5.41, 5.74) is -1.97. The van der Waals surface area contributed by atoms with Crippen molar-refractivity contribution in [1.29, 1.82) is 0 Å². The fraction of sp³-hybridized carbons (Fsp3) is 0.761. The Morgan fingerprint density at radius 2 is 1.54 bits per heavy atom. The highest BCUT2D eigenvalue weighted by Crippen LogP contribution is 2.50. The van der Waals surface area contributed by atoms with Crippen LogP contribution in [0.1, 0.15) is 126 Å². The Morgan fingerprint density at radius 3 is 2.16 bits per heavy atom. The number of carbonyl (C=O) groups is 5. The summed E-state index contributed by atoms with van der Waals surface area (Å²) < 4.78 is 47.1. The first-order chi connectivity index (χ1) is 29.4. The summed E-state index contributed by atoms with van der Waals surface area (Å²) in [6, 6.07) is 0. The van der Waals surface area contributed by atoms with E-state index < -0.39 is 120 Å². The van der Waals surface area contributed by atoms with Gasteiger partial charge in [0.05, 0.1) is 68.6 Å². The van der Waals surface area contributed by atoms with Crippen LogP contribution in [-0.4, -0.2) is 131 Å². The number of esters is 5. The molecular weight excluding hydrogens is 824 g/mol. The number of hydrogen-bond donors (Lipinski definition) is 4. The van der Waals surface area contributed by atoms with Crippen molar-refractivity contribution in [3.05, 3.63) is 35.5 Å². The normalized spacial score (nSPS) is 36.4. The average molecular weight is 895 g/mol. The van der Waals surface area contributed by atoms with Crippen LogP contribution in [-0.2, 0) is 61.9 Å². The number of carbonyl (C=O) groups excluding carboxylic acids is 5. The van der Waals surface area contributed by atoms with Gasteiger partial charge in [0.1, 0.15) is 12.2 Å². The molecule has 17 heteroatoms. The molecule has 0 amide bonds. The maximum absolute atomic E-state index is 13.5. The molecule has 0 saturated carbocycles. The van der Waals surface area contributed by atoms with E-state index in [1.54, 1.807) is 53.7 Å².